The molecule has 12 amide bonds. The summed E-state index contributed by atoms with van der Waals surface area (Å²) in [7, 11) is 3.79. The van der Waals surface area contributed by atoms with Crippen molar-refractivity contribution < 1.29 is 87.1 Å². The van der Waals surface area contributed by atoms with Gasteiger partial charge in [0.1, 0.15) is 34.1 Å². The summed E-state index contributed by atoms with van der Waals surface area (Å²) in [5.74, 6) is -5.31. The zero-order chi connectivity index (χ0) is 100. The van der Waals surface area contributed by atoms with Crippen molar-refractivity contribution >= 4 is 139 Å². The number of likely N-dealkylation sites (tertiary alicyclic amines) is 5. The lowest BCUT2D eigenvalue weighted by Gasteiger charge is -2.26. The number of imide groups is 6. The summed E-state index contributed by atoms with van der Waals surface area (Å²) in [6.45, 7) is 21.4. The van der Waals surface area contributed by atoms with Gasteiger partial charge >= 0.3 is 0 Å². The number of nitro benzene ring substituents is 6. The predicted molar refractivity (Wildman–Crippen MR) is 501 cm³/mol. The van der Waals surface area contributed by atoms with Crippen LogP contribution >= 0.6 is 0 Å². The summed E-state index contributed by atoms with van der Waals surface area (Å²) in [5.41, 5.74) is 32.2. The normalized spacial score (nSPS) is 18.5. The first-order chi connectivity index (χ1) is 65.5. The first-order valence-corrected chi connectivity index (χ1v) is 45.5. The van der Waals surface area contributed by atoms with Crippen LogP contribution in [-0.2, 0) is 0 Å². The minimum absolute atomic E-state index is 0.0470. The standard InChI is InChI=1S/2C16H20N4O4.3C15H18N4O4.C13H16N4O4/c1-10(8-18-4-2-3-5-18)9-19-15(21)11-6-13(17)14(20(23)24)7-12(11)16(19)22;17-13-9-11-12(10-14(13)20(23)24)16(22)19(15(11)21)8-4-3-7-18-5-1-2-6-18;2*1-2-17-5-3-4-9(17)8-18-14(20)10-6-12(16)13(19(22)23)7-11(10)15(18)21;16-12-8-10-11(9-13(12)19(22)23)15(21)18(14(10)20)7-3-6-17-4-1-2-5-17;1-15(2)4-3-5-16-12(18)8-6-10(14)11(17(20)21)7-9(8)13(16)19/h6-7,10H,2-5,8-9,17H2,1H3;9-10H,1-8,17H2;2*6-7,9H,2-5,8,16H2,1H3;8-9H,1-7,16H2;6-7H,3-5,14H2,1-2H3/t;;9-;;;/m..1.../s1. The van der Waals surface area contributed by atoms with E-state index in [1.165, 1.54) is 89.6 Å². The predicted octanol–water partition coefficient (Wildman–Crippen LogP) is 7.65. The maximum Gasteiger partial charge on any atom is 0.292 e. The van der Waals surface area contributed by atoms with Gasteiger partial charge in [-0.15, -0.1) is 0 Å². The van der Waals surface area contributed by atoms with E-state index in [2.05, 4.69) is 24.5 Å². The van der Waals surface area contributed by atoms with Crippen LogP contribution in [0.3, 0.4) is 0 Å². The van der Waals surface area contributed by atoms with Crippen LogP contribution in [0.1, 0.15) is 235 Å². The summed E-state index contributed by atoms with van der Waals surface area (Å²) in [6, 6.07) is 14.3. The summed E-state index contributed by atoms with van der Waals surface area (Å²) in [5, 5.41) is 65.6. The van der Waals surface area contributed by atoms with E-state index in [1.807, 2.05) is 39.8 Å². The lowest BCUT2D eigenvalue weighted by molar-refractivity contribution is -0.384. The number of amides is 12. The number of nitrogens with two attached hydrogens (primary N) is 6. The number of carbonyl (C=O) groups excluding carboxylic acids is 12. The summed E-state index contributed by atoms with van der Waals surface area (Å²) in [4.78, 5) is 231. The molecule has 5 saturated heterocycles. The van der Waals surface area contributed by atoms with Crippen LogP contribution in [0.5, 0.6) is 0 Å². The summed E-state index contributed by atoms with van der Waals surface area (Å²) in [6.07, 6.45) is 14.1. The number of unbranched alkanes of at least 4 members (excludes halogenated alkanes) is 1. The van der Waals surface area contributed by atoms with Gasteiger partial charge in [-0.1, -0.05) is 20.8 Å². The van der Waals surface area contributed by atoms with Crippen LogP contribution in [0.25, 0.3) is 0 Å². The Morgan fingerprint density at radius 3 is 0.783 bits per heavy atom. The molecule has 11 heterocycles. The minimum atomic E-state index is -0.665. The molecule has 138 heavy (non-hydrogen) atoms. The molecule has 0 spiro atoms. The molecule has 734 valence electrons. The van der Waals surface area contributed by atoms with E-state index in [0.717, 1.165) is 181 Å². The molecule has 11 aliphatic rings. The maximum absolute atomic E-state index is 12.5. The zero-order valence-electron chi connectivity index (χ0n) is 77.0. The van der Waals surface area contributed by atoms with Gasteiger partial charge in [0, 0.05) is 94.3 Å². The fourth-order valence-electron chi connectivity index (χ4n) is 19.0. The number of benzene rings is 6. The van der Waals surface area contributed by atoms with Gasteiger partial charge in [-0.2, -0.15) is 0 Å². The van der Waals surface area contributed by atoms with E-state index < -0.39 is 100 Å². The van der Waals surface area contributed by atoms with Crippen LogP contribution < -0.4 is 34.4 Å². The van der Waals surface area contributed by atoms with Crippen molar-refractivity contribution in [1.82, 2.24) is 58.8 Å². The van der Waals surface area contributed by atoms with Gasteiger partial charge < -0.3 is 54.0 Å². The second-order valence-corrected chi connectivity index (χ2v) is 35.5. The molecule has 0 radical (unpaired) electrons. The molecule has 12 N–H and O–H groups in total. The molecular weight excluding hydrogens is 1800 g/mol. The first kappa shape index (κ1) is 102. The Bertz CT molecular complexity index is 5830. The van der Waals surface area contributed by atoms with Crippen molar-refractivity contribution in [2.75, 3.05) is 179 Å². The number of nitro groups is 6. The van der Waals surface area contributed by atoms with Crippen molar-refractivity contribution in [2.45, 2.75) is 123 Å². The molecule has 48 heteroatoms. The topological polar surface area (TPSA) is 659 Å². The van der Waals surface area contributed by atoms with Crippen molar-refractivity contribution in [2.24, 2.45) is 5.92 Å². The van der Waals surface area contributed by atoms with E-state index in [9.17, 15) is 118 Å². The molecule has 6 aromatic carbocycles. The number of nitrogen functional groups attached to an aromatic ring is 6. The average Bonchev–Trinajstić information content (AvgIpc) is 1.67. The SMILES string of the molecule is CC(CN1CCCC1)CN1C(=O)c2cc(N)c([N+](=O)[O-])cc2C1=O.CCN1CCCC1CN1C(=O)c2cc(N)c([N+](=O)[O-])cc2C1=O.CCN1CCC[C@@H]1CN1C(=O)c2cc(N)c([N+](=O)[O-])cc2C1=O.CN(C)CCCN1C(=O)c2cc(N)c([N+](=O)[O-])cc2C1=O.Nc1cc2c(cc1[N+](=O)[O-])C(=O)N(CCCCN1CCCC1)C2=O.Nc1cc2c(cc1[N+](=O)[O-])C(=O)N(CCCN1CCCC1)C2=O. The van der Waals surface area contributed by atoms with Gasteiger partial charge in [0.15, 0.2) is 0 Å². The fraction of sp³-hybridized carbons (Fsp3) is 0.467. The number of fused-ring (bicyclic) bond motifs is 6. The Morgan fingerprint density at radius 2 is 0.522 bits per heavy atom. The molecule has 6 aromatic rings. The molecular formula is C90H110N24O24. The van der Waals surface area contributed by atoms with Crippen LogP contribution in [0.2, 0.25) is 0 Å². The van der Waals surface area contributed by atoms with E-state index in [1.54, 1.807) is 0 Å². The monoisotopic (exact) mass is 1910 g/mol. The maximum atomic E-state index is 12.5. The number of hydrogen-bond donors (Lipinski definition) is 6. The molecule has 0 saturated carbocycles. The Labute approximate surface area is 789 Å². The van der Waals surface area contributed by atoms with Gasteiger partial charge in [0.05, 0.1) is 96.3 Å². The molecule has 0 aliphatic carbocycles. The summed E-state index contributed by atoms with van der Waals surface area (Å²) < 4.78 is 0. The number of carbonyl (C=O) groups is 12. The number of anilines is 6. The van der Waals surface area contributed by atoms with E-state index in [4.69, 9.17) is 34.4 Å². The highest BCUT2D eigenvalue weighted by Crippen LogP contribution is 2.40. The minimum Gasteiger partial charge on any atom is -0.393 e. The van der Waals surface area contributed by atoms with E-state index >= 15 is 0 Å². The Balaban J connectivity index is 0.000000149. The average molecular weight is 1910 g/mol. The van der Waals surface area contributed by atoms with Crippen LogP contribution in [0.15, 0.2) is 72.8 Å². The highest BCUT2D eigenvalue weighted by molar-refractivity contribution is 6.26. The van der Waals surface area contributed by atoms with Crippen LogP contribution in [0, 0.1) is 66.6 Å². The second-order valence-electron chi connectivity index (χ2n) is 35.5. The largest absolute Gasteiger partial charge is 0.393 e. The lowest BCUT2D eigenvalue weighted by atomic mass is 10.1. The molecule has 48 nitrogen and oxygen atoms in total. The number of rotatable bonds is 29. The van der Waals surface area contributed by atoms with Crippen molar-refractivity contribution in [3.63, 3.8) is 0 Å². The van der Waals surface area contributed by atoms with E-state index in [0.29, 0.717) is 45.6 Å². The third-order valence-corrected chi connectivity index (χ3v) is 26.1. The second kappa shape index (κ2) is 43.9. The smallest absolute Gasteiger partial charge is 0.292 e. The van der Waals surface area contributed by atoms with Crippen molar-refractivity contribution in [3.05, 3.63) is 200 Å². The summed E-state index contributed by atoms with van der Waals surface area (Å²) >= 11 is 0. The quantitative estimate of drug-likeness (QED) is 0.00862. The van der Waals surface area contributed by atoms with Gasteiger partial charge in [-0.05, 0) is 231 Å². The molecule has 11 aliphatic heterocycles. The van der Waals surface area contributed by atoms with E-state index in [-0.39, 0.29) is 160 Å². The van der Waals surface area contributed by atoms with Gasteiger partial charge in [0.2, 0.25) is 0 Å². The third-order valence-electron chi connectivity index (χ3n) is 26.1. The molecule has 3 atom stereocenters. The highest BCUT2D eigenvalue weighted by Gasteiger charge is 2.46. The molecule has 5 fully saturated rings. The Kier molecular flexibility index (Phi) is 32.4. The molecule has 0 aromatic heterocycles. The molecule has 0 bridgehead atoms. The van der Waals surface area contributed by atoms with Crippen molar-refractivity contribution in [3.8, 4) is 0 Å². The van der Waals surface area contributed by atoms with Gasteiger partial charge in [-0.25, -0.2) is 0 Å². The first-order valence-electron chi connectivity index (χ1n) is 45.5. The molecule has 2 unspecified atom stereocenters. The number of hydrogen-bond acceptors (Lipinski definition) is 36. The Hall–Kier alpha value is -14.9. The van der Waals surface area contributed by atoms with Crippen LogP contribution in [-0.4, -0.2) is 316 Å². The van der Waals surface area contributed by atoms with Gasteiger partial charge in [0.25, 0.3) is 105 Å². The highest BCUT2D eigenvalue weighted by atomic mass is 16.6. The fourth-order valence-corrected chi connectivity index (χ4v) is 19.0. The van der Waals surface area contributed by atoms with Gasteiger partial charge in [-0.3, -0.25) is 157 Å². The molecule has 17 rings (SSSR count). The van der Waals surface area contributed by atoms with Crippen LogP contribution in [0.4, 0.5) is 68.2 Å². The van der Waals surface area contributed by atoms with Crippen molar-refractivity contribution in [1.29, 1.82) is 0 Å². The lowest BCUT2D eigenvalue weighted by Crippen LogP contribution is -2.42. The Morgan fingerprint density at radius 1 is 0.297 bits per heavy atom. The number of nitrogens with zero attached hydrogens (tertiary/aromatic N) is 18. The third kappa shape index (κ3) is 22.1. The zero-order valence-corrected chi connectivity index (χ0v) is 77.0. The number of likely N-dealkylation sites (N-methyl/N-ethyl adjacent to an activating group) is 2.